The number of nitrogens with zero attached hydrogens (tertiary/aromatic N) is 1. The van der Waals surface area contributed by atoms with Crippen molar-refractivity contribution in [3.63, 3.8) is 0 Å². The molecule has 0 aliphatic carbocycles. The Morgan fingerprint density at radius 3 is 2.86 bits per heavy atom. The first-order valence-electron chi connectivity index (χ1n) is 8.82. The highest BCUT2D eigenvalue weighted by Gasteiger charge is 2.26. The summed E-state index contributed by atoms with van der Waals surface area (Å²) in [4.78, 5) is 17.2. The molecule has 0 bridgehead atoms. The molecule has 1 aromatic carbocycles. The number of anilines is 1. The summed E-state index contributed by atoms with van der Waals surface area (Å²) in [5, 5.41) is 4.86. The third kappa shape index (κ3) is 5.70. The lowest BCUT2D eigenvalue weighted by atomic mass is 10.2. The average Bonchev–Trinajstić information content (AvgIpc) is 3.35. The van der Waals surface area contributed by atoms with Crippen LogP contribution < -0.4 is 14.8 Å². The largest absolute Gasteiger partial charge is 0.494 e. The maximum atomic E-state index is 12.8. The topological polar surface area (TPSA) is 97.4 Å². The second-order valence-corrected chi connectivity index (χ2v) is 10.9. The fourth-order valence-corrected chi connectivity index (χ4v) is 6.16. The Bertz CT molecular complexity index is 1060. The number of thiophene rings is 1. The molecule has 0 spiro atoms. The Labute approximate surface area is 181 Å². The highest BCUT2D eigenvalue weighted by molar-refractivity contribution is 7.98. The first-order chi connectivity index (χ1) is 13.9. The van der Waals surface area contributed by atoms with Gasteiger partial charge in [-0.3, -0.25) is 4.79 Å². The molecule has 0 saturated heterocycles. The van der Waals surface area contributed by atoms with Crippen LogP contribution in [0.4, 0.5) is 5.13 Å². The summed E-state index contributed by atoms with van der Waals surface area (Å²) in [7, 11) is -3.76. The van der Waals surface area contributed by atoms with E-state index in [2.05, 4.69) is 15.0 Å². The van der Waals surface area contributed by atoms with Gasteiger partial charge in [0.25, 0.3) is 10.0 Å². The maximum absolute atomic E-state index is 12.8. The van der Waals surface area contributed by atoms with E-state index in [9.17, 15) is 13.2 Å². The van der Waals surface area contributed by atoms with E-state index in [1.165, 1.54) is 17.4 Å². The monoisotopic (exact) mass is 471 g/mol. The number of nitrogens with one attached hydrogen (secondary N) is 2. The number of hydrogen-bond acceptors (Lipinski definition) is 8. The number of thiazole rings is 1. The van der Waals surface area contributed by atoms with E-state index < -0.39 is 22.0 Å². The van der Waals surface area contributed by atoms with E-state index >= 15 is 0 Å². The molecule has 7 nitrogen and oxygen atoms in total. The van der Waals surface area contributed by atoms with Crippen LogP contribution in [0.5, 0.6) is 5.75 Å². The summed E-state index contributed by atoms with van der Waals surface area (Å²) in [6, 6.07) is 7.82. The van der Waals surface area contributed by atoms with Crippen LogP contribution in [0, 0.1) is 0 Å². The van der Waals surface area contributed by atoms with Crippen molar-refractivity contribution in [3.05, 3.63) is 35.7 Å². The average molecular weight is 472 g/mol. The maximum Gasteiger partial charge on any atom is 0.250 e. The van der Waals surface area contributed by atoms with Crippen LogP contribution in [-0.2, 0) is 14.8 Å². The Balaban J connectivity index is 1.76. The Morgan fingerprint density at radius 2 is 2.17 bits per heavy atom. The van der Waals surface area contributed by atoms with Crippen LogP contribution in [0.2, 0.25) is 0 Å². The molecule has 156 valence electrons. The van der Waals surface area contributed by atoms with E-state index in [1.54, 1.807) is 23.2 Å². The zero-order chi connectivity index (χ0) is 20.9. The molecule has 29 heavy (non-hydrogen) atoms. The number of ether oxygens (including phenoxy) is 1. The smallest absolute Gasteiger partial charge is 0.250 e. The molecule has 0 radical (unpaired) electrons. The molecule has 11 heteroatoms. The molecule has 3 aromatic rings. The first kappa shape index (κ1) is 22.0. The molecular formula is C18H21N3O4S4. The van der Waals surface area contributed by atoms with Crippen molar-refractivity contribution in [1.29, 1.82) is 0 Å². The van der Waals surface area contributed by atoms with Gasteiger partial charge < -0.3 is 10.1 Å². The van der Waals surface area contributed by atoms with E-state index in [4.69, 9.17) is 4.74 Å². The number of fused-ring (bicyclic) bond motifs is 1. The summed E-state index contributed by atoms with van der Waals surface area (Å²) >= 11 is 3.98. The molecule has 1 atom stereocenters. The minimum atomic E-state index is -3.76. The van der Waals surface area contributed by atoms with E-state index in [1.807, 2.05) is 31.4 Å². The highest BCUT2D eigenvalue weighted by atomic mass is 32.2. The number of rotatable bonds is 10. The second kappa shape index (κ2) is 9.90. The Hall–Kier alpha value is -1.66. The predicted octanol–water partition coefficient (Wildman–Crippen LogP) is 3.80. The van der Waals surface area contributed by atoms with Crippen LogP contribution in [-0.4, -0.2) is 44.0 Å². The molecule has 2 N–H and O–H groups in total. The van der Waals surface area contributed by atoms with Crippen molar-refractivity contribution >= 4 is 65.7 Å². The van der Waals surface area contributed by atoms with Gasteiger partial charge in [0.05, 0.1) is 16.8 Å². The lowest BCUT2D eigenvalue weighted by Gasteiger charge is -2.16. The number of carbonyl (C=O) groups excluding carboxylic acids is 1. The number of hydrogen-bond donors (Lipinski definition) is 2. The van der Waals surface area contributed by atoms with Crippen molar-refractivity contribution in [3.8, 4) is 5.75 Å². The van der Waals surface area contributed by atoms with Gasteiger partial charge >= 0.3 is 0 Å². The van der Waals surface area contributed by atoms with Crippen molar-refractivity contribution in [2.24, 2.45) is 0 Å². The summed E-state index contributed by atoms with van der Waals surface area (Å²) in [5.74, 6) is 0.953. The Kier molecular flexibility index (Phi) is 7.52. The van der Waals surface area contributed by atoms with Gasteiger partial charge in [-0.25, -0.2) is 13.4 Å². The van der Waals surface area contributed by atoms with Crippen LogP contribution in [0.25, 0.3) is 10.2 Å². The molecule has 0 aliphatic heterocycles. The molecule has 1 amide bonds. The number of amides is 1. The Morgan fingerprint density at radius 1 is 1.34 bits per heavy atom. The quantitative estimate of drug-likeness (QED) is 0.467. The zero-order valence-corrected chi connectivity index (χ0v) is 19.1. The number of aromatic nitrogens is 1. The van der Waals surface area contributed by atoms with Crippen LogP contribution in [0.3, 0.4) is 0 Å². The van der Waals surface area contributed by atoms with Crippen LogP contribution in [0.1, 0.15) is 13.3 Å². The van der Waals surface area contributed by atoms with Gasteiger partial charge in [-0.05, 0) is 55.0 Å². The number of benzene rings is 1. The summed E-state index contributed by atoms with van der Waals surface area (Å²) < 4.78 is 34.2. The minimum absolute atomic E-state index is 0.183. The summed E-state index contributed by atoms with van der Waals surface area (Å²) in [6.45, 7) is 2.48. The number of carbonyl (C=O) groups is 1. The molecular weight excluding hydrogens is 450 g/mol. The van der Waals surface area contributed by atoms with Gasteiger partial charge in [0.2, 0.25) is 5.91 Å². The molecule has 2 heterocycles. The van der Waals surface area contributed by atoms with Crippen molar-refractivity contribution in [2.45, 2.75) is 23.6 Å². The molecule has 0 fully saturated rings. The van der Waals surface area contributed by atoms with E-state index in [0.717, 1.165) is 27.3 Å². The summed E-state index contributed by atoms with van der Waals surface area (Å²) in [6.07, 6.45) is 2.28. The van der Waals surface area contributed by atoms with Gasteiger partial charge in [-0.2, -0.15) is 16.5 Å². The molecule has 0 aliphatic rings. The lowest BCUT2D eigenvalue weighted by Crippen LogP contribution is -2.43. The van der Waals surface area contributed by atoms with Gasteiger partial charge in [-0.15, -0.1) is 11.3 Å². The fourth-order valence-electron chi connectivity index (χ4n) is 2.55. The van der Waals surface area contributed by atoms with Crippen molar-refractivity contribution < 1.29 is 17.9 Å². The van der Waals surface area contributed by atoms with Gasteiger partial charge in [-0.1, -0.05) is 17.4 Å². The number of thioether (sulfide) groups is 1. The first-order valence-corrected chi connectivity index (χ1v) is 13.4. The predicted molar refractivity (Wildman–Crippen MR) is 121 cm³/mol. The molecule has 3 rings (SSSR count). The molecule has 0 unspecified atom stereocenters. The van der Waals surface area contributed by atoms with Gasteiger partial charge in [0.15, 0.2) is 5.13 Å². The van der Waals surface area contributed by atoms with Crippen molar-refractivity contribution in [2.75, 3.05) is 23.9 Å². The van der Waals surface area contributed by atoms with Gasteiger partial charge in [0, 0.05) is 0 Å². The highest BCUT2D eigenvalue weighted by Crippen LogP contribution is 2.29. The third-order valence-electron chi connectivity index (χ3n) is 3.89. The van der Waals surface area contributed by atoms with E-state index in [-0.39, 0.29) is 4.21 Å². The van der Waals surface area contributed by atoms with Crippen molar-refractivity contribution in [1.82, 2.24) is 9.71 Å². The van der Waals surface area contributed by atoms with Gasteiger partial charge in [0.1, 0.15) is 16.0 Å². The summed E-state index contributed by atoms with van der Waals surface area (Å²) in [5.41, 5.74) is 0.744. The second-order valence-electron chi connectivity index (χ2n) is 5.96. The molecule has 0 saturated carbocycles. The third-order valence-corrected chi connectivity index (χ3v) is 8.33. The normalized spacial score (nSPS) is 12.8. The SMILES string of the molecule is CCOc1ccc2nc(NC(=O)[C@H](CCSC)NS(=O)(=O)c3cccs3)sc2c1. The van der Waals surface area contributed by atoms with E-state index in [0.29, 0.717) is 23.9 Å². The lowest BCUT2D eigenvalue weighted by molar-refractivity contribution is -0.117. The van der Waals surface area contributed by atoms with Crippen LogP contribution in [0.15, 0.2) is 39.9 Å². The standard InChI is InChI=1S/C18H21N3O4S4/c1-3-25-12-6-7-13-15(11-12)28-18(19-13)20-17(22)14(8-10-26-2)21-29(23,24)16-5-4-9-27-16/h4-7,9,11,14,21H,3,8,10H2,1-2H3,(H,19,20,22)/t14-/m0/s1. The molecule has 2 aromatic heterocycles. The van der Waals surface area contributed by atoms with Crippen LogP contribution >= 0.6 is 34.4 Å². The minimum Gasteiger partial charge on any atom is -0.494 e. The zero-order valence-electron chi connectivity index (χ0n) is 15.9. The number of sulfonamides is 1. The fraction of sp³-hybridized carbons (Fsp3) is 0.333.